The van der Waals surface area contributed by atoms with Gasteiger partial charge in [0.05, 0.1) is 17.4 Å². The topological polar surface area (TPSA) is 138 Å². The summed E-state index contributed by atoms with van der Waals surface area (Å²) in [5.74, 6) is -1.60. The Bertz CT molecular complexity index is 1520. The lowest BCUT2D eigenvalue weighted by atomic mass is 10.0. The fourth-order valence-electron chi connectivity index (χ4n) is 4.31. The Kier molecular flexibility index (Phi) is 7.08. The van der Waals surface area contributed by atoms with E-state index in [1.165, 1.54) is 28.6 Å². The molecule has 0 bridgehead atoms. The molecule has 1 aliphatic heterocycles. The zero-order valence-corrected chi connectivity index (χ0v) is 21.4. The third kappa shape index (κ3) is 5.08. The summed E-state index contributed by atoms with van der Waals surface area (Å²) in [4.78, 5) is 16.5. The van der Waals surface area contributed by atoms with E-state index in [-0.39, 0.29) is 53.5 Å². The lowest BCUT2D eigenvalue weighted by molar-refractivity contribution is 0.0699. The summed E-state index contributed by atoms with van der Waals surface area (Å²) >= 11 is 0. The van der Waals surface area contributed by atoms with Gasteiger partial charge in [-0.3, -0.25) is 4.31 Å². The molecule has 2 aromatic heterocycles. The third-order valence-electron chi connectivity index (χ3n) is 6.05. The van der Waals surface area contributed by atoms with Gasteiger partial charge in [-0.2, -0.15) is 4.98 Å². The number of hydrogen-bond donors (Lipinski definition) is 1. The van der Waals surface area contributed by atoms with Gasteiger partial charge in [-0.15, -0.1) is 0 Å². The van der Waals surface area contributed by atoms with Crippen LogP contribution in [0.5, 0.6) is 0 Å². The molecule has 0 atom stereocenters. The molecule has 3 aromatic rings. The number of fused-ring (bicyclic) bond motifs is 1. The van der Waals surface area contributed by atoms with Crippen LogP contribution in [0.25, 0.3) is 22.4 Å². The van der Waals surface area contributed by atoms with Crippen LogP contribution in [0.2, 0.25) is 0 Å². The Hall–Kier alpha value is -3.03. The van der Waals surface area contributed by atoms with E-state index in [1.807, 2.05) is 0 Å². The molecule has 1 aromatic carbocycles. The molecule has 13 heteroatoms. The number of nitrogens with zero attached hydrogens (tertiary/aromatic N) is 3. The Morgan fingerprint density at radius 1 is 1.28 bits per heavy atom. The summed E-state index contributed by atoms with van der Waals surface area (Å²) in [5.41, 5.74) is 0.582. The summed E-state index contributed by atoms with van der Waals surface area (Å²) in [7, 11) is -7.13. The van der Waals surface area contributed by atoms with Crippen LogP contribution in [-0.2, 0) is 26.5 Å². The predicted octanol–water partition coefficient (Wildman–Crippen LogP) is 3.09. The fourth-order valence-corrected chi connectivity index (χ4v) is 6.81. The van der Waals surface area contributed by atoms with Crippen molar-refractivity contribution >= 4 is 42.9 Å². The number of carbonyl (C=O) groups is 1. The second-order valence-corrected chi connectivity index (χ2v) is 12.5. The van der Waals surface area contributed by atoms with Gasteiger partial charge in [0.1, 0.15) is 17.2 Å². The highest BCUT2D eigenvalue weighted by molar-refractivity contribution is 7.92. The Morgan fingerprint density at radius 2 is 1.97 bits per heavy atom. The smallest absolute Gasteiger partial charge is 0.340 e. The van der Waals surface area contributed by atoms with Crippen molar-refractivity contribution in [2.24, 2.45) is 0 Å². The van der Waals surface area contributed by atoms with Gasteiger partial charge in [0.2, 0.25) is 25.8 Å². The molecule has 0 saturated carbocycles. The zero-order chi connectivity index (χ0) is 26.3. The predicted molar refractivity (Wildman–Crippen MR) is 133 cm³/mol. The van der Waals surface area contributed by atoms with Gasteiger partial charge in [-0.1, -0.05) is 6.92 Å². The summed E-state index contributed by atoms with van der Waals surface area (Å²) in [6.07, 6.45) is 2.16. The number of carboxylic acids is 1. The van der Waals surface area contributed by atoms with E-state index in [2.05, 4.69) is 4.98 Å². The second-order valence-electron chi connectivity index (χ2n) is 8.55. The number of halogens is 1. The first kappa shape index (κ1) is 26.0. The molecule has 1 aliphatic rings. The van der Waals surface area contributed by atoms with Gasteiger partial charge in [-0.05, 0) is 55.2 Å². The van der Waals surface area contributed by atoms with Crippen LogP contribution in [0.4, 0.5) is 10.2 Å². The summed E-state index contributed by atoms with van der Waals surface area (Å²) in [5, 5.41) is 10.1. The Morgan fingerprint density at radius 3 is 2.53 bits per heavy atom. The highest BCUT2D eigenvalue weighted by Crippen LogP contribution is 2.36. The van der Waals surface area contributed by atoms with Crippen LogP contribution in [0.3, 0.4) is 0 Å². The number of aromatic nitrogens is 1. The van der Waals surface area contributed by atoms with Crippen molar-refractivity contribution in [3.05, 3.63) is 47.3 Å². The fraction of sp³-hybridized carbons (Fsp3) is 0.391. The molecule has 0 aliphatic carbocycles. The Labute approximate surface area is 208 Å². The Balaban J connectivity index is 1.76. The van der Waals surface area contributed by atoms with Crippen molar-refractivity contribution in [1.29, 1.82) is 0 Å². The molecule has 10 nitrogen and oxygen atoms in total. The molecule has 194 valence electrons. The number of hydrogen-bond acceptors (Lipinski definition) is 7. The maximum Gasteiger partial charge on any atom is 0.340 e. The average molecular weight is 540 g/mol. The van der Waals surface area contributed by atoms with Crippen LogP contribution >= 0.6 is 0 Å². The first-order chi connectivity index (χ1) is 16.9. The monoisotopic (exact) mass is 539 g/mol. The minimum absolute atomic E-state index is 0.0191. The van der Waals surface area contributed by atoms with Crippen molar-refractivity contribution in [3.63, 3.8) is 0 Å². The number of pyridine rings is 1. The maximum absolute atomic E-state index is 13.4. The van der Waals surface area contributed by atoms with E-state index >= 15 is 0 Å². The number of aromatic carboxylic acids is 1. The molecule has 0 amide bonds. The SMILES string of the molecule is CCc1cc2c(C(=O)O)c(-c3ccc(F)cc3)oc2nc1N(CCCN1CCCS1(=O)=O)S(C)(=O)=O. The molecule has 0 unspecified atom stereocenters. The number of sulfonamides is 2. The van der Waals surface area contributed by atoms with Crippen molar-refractivity contribution < 1.29 is 35.5 Å². The quantitative estimate of drug-likeness (QED) is 0.438. The maximum atomic E-state index is 13.4. The largest absolute Gasteiger partial charge is 0.478 e. The average Bonchev–Trinajstić information content (AvgIpc) is 3.34. The molecule has 1 saturated heterocycles. The van der Waals surface area contributed by atoms with Gasteiger partial charge in [0.15, 0.2) is 5.76 Å². The standard InChI is InChI=1S/C23H26FN3O7S2/c1-3-15-14-18-19(23(28)29)20(16-6-8-17(24)9-7-16)34-22(18)25-21(15)27(35(2,30)31)12-4-10-26-11-5-13-36(26,32)33/h6-9,14H,3-5,10-13H2,1-2H3,(H,28,29). The molecule has 1 N–H and O–H groups in total. The third-order valence-corrected chi connectivity index (χ3v) is 9.16. The van der Waals surface area contributed by atoms with Crippen molar-refractivity contribution in [1.82, 2.24) is 9.29 Å². The highest BCUT2D eigenvalue weighted by Gasteiger charge is 2.30. The van der Waals surface area contributed by atoms with E-state index < -0.39 is 31.8 Å². The second kappa shape index (κ2) is 9.79. The molecule has 4 rings (SSSR count). The first-order valence-electron chi connectivity index (χ1n) is 11.3. The van der Waals surface area contributed by atoms with Crippen molar-refractivity contribution in [2.75, 3.05) is 35.9 Å². The van der Waals surface area contributed by atoms with E-state index in [9.17, 15) is 31.1 Å². The minimum atomic E-state index is -3.82. The zero-order valence-electron chi connectivity index (χ0n) is 19.8. The van der Waals surface area contributed by atoms with E-state index in [1.54, 1.807) is 13.0 Å². The molecule has 1 fully saturated rings. The molecule has 0 radical (unpaired) electrons. The first-order valence-corrected chi connectivity index (χ1v) is 14.8. The molecule has 0 spiro atoms. The van der Waals surface area contributed by atoms with Crippen molar-refractivity contribution in [2.45, 2.75) is 26.2 Å². The van der Waals surface area contributed by atoms with E-state index in [4.69, 9.17) is 4.42 Å². The van der Waals surface area contributed by atoms with E-state index in [0.29, 0.717) is 30.5 Å². The lowest BCUT2D eigenvalue weighted by Gasteiger charge is -2.24. The van der Waals surface area contributed by atoms with E-state index in [0.717, 1.165) is 10.6 Å². The highest BCUT2D eigenvalue weighted by atomic mass is 32.2. The molecular weight excluding hydrogens is 513 g/mol. The summed E-state index contributed by atoms with van der Waals surface area (Å²) in [6.45, 7) is 2.34. The number of rotatable bonds is 9. The summed E-state index contributed by atoms with van der Waals surface area (Å²) < 4.78 is 71.2. The molecular formula is C23H26FN3O7S2. The number of aryl methyl sites for hydroxylation is 1. The van der Waals surface area contributed by atoms with Gasteiger partial charge >= 0.3 is 5.97 Å². The lowest BCUT2D eigenvalue weighted by Crippen LogP contribution is -2.35. The van der Waals surface area contributed by atoms with Gasteiger partial charge in [0, 0.05) is 25.2 Å². The van der Waals surface area contributed by atoms with Crippen LogP contribution in [-0.4, -0.2) is 68.8 Å². The van der Waals surface area contributed by atoms with Gasteiger partial charge in [-0.25, -0.2) is 30.3 Å². The van der Waals surface area contributed by atoms with Gasteiger partial charge in [0.25, 0.3) is 0 Å². The van der Waals surface area contributed by atoms with Crippen LogP contribution < -0.4 is 4.31 Å². The number of anilines is 1. The number of benzene rings is 1. The van der Waals surface area contributed by atoms with Crippen molar-refractivity contribution in [3.8, 4) is 11.3 Å². The summed E-state index contributed by atoms with van der Waals surface area (Å²) in [6, 6.07) is 6.67. The minimum Gasteiger partial charge on any atom is -0.478 e. The van der Waals surface area contributed by atoms with Crippen LogP contribution in [0.1, 0.15) is 35.7 Å². The van der Waals surface area contributed by atoms with Gasteiger partial charge < -0.3 is 9.52 Å². The van der Waals surface area contributed by atoms with Crippen LogP contribution in [0, 0.1) is 5.82 Å². The van der Waals surface area contributed by atoms with Crippen LogP contribution in [0.15, 0.2) is 34.7 Å². The number of carboxylic acid groups (broad SMARTS) is 1. The molecule has 3 heterocycles. The number of furan rings is 1. The normalized spacial score (nSPS) is 16.0. The molecule has 36 heavy (non-hydrogen) atoms.